The Hall–Kier alpha value is -1.61. The summed E-state index contributed by atoms with van der Waals surface area (Å²) in [5.41, 5.74) is -0.891. The molecule has 0 spiro atoms. The SMILES string of the molecule is CCOCCCNC(=NCC(C)(O)CN1CCOCC1)NCCc1ccco1. The monoisotopic (exact) mass is 396 g/mol. The number of nitrogens with zero attached hydrogens (tertiary/aromatic N) is 2. The number of aliphatic hydroxyl groups is 1. The number of hydrogen-bond donors (Lipinski definition) is 3. The van der Waals surface area contributed by atoms with Crippen LogP contribution in [0.2, 0.25) is 0 Å². The Morgan fingerprint density at radius 2 is 2.11 bits per heavy atom. The van der Waals surface area contributed by atoms with Gasteiger partial charge in [-0.15, -0.1) is 0 Å². The highest BCUT2D eigenvalue weighted by Crippen LogP contribution is 2.09. The molecule has 28 heavy (non-hydrogen) atoms. The summed E-state index contributed by atoms with van der Waals surface area (Å²) in [6.07, 6.45) is 3.35. The average molecular weight is 397 g/mol. The van der Waals surface area contributed by atoms with Gasteiger partial charge >= 0.3 is 0 Å². The molecule has 0 aromatic carbocycles. The van der Waals surface area contributed by atoms with Crippen LogP contribution in [0.25, 0.3) is 0 Å². The van der Waals surface area contributed by atoms with Gasteiger partial charge in [0.2, 0.25) is 0 Å². The van der Waals surface area contributed by atoms with Crippen molar-refractivity contribution in [2.24, 2.45) is 4.99 Å². The molecule has 1 aliphatic rings. The number of nitrogens with one attached hydrogen (secondary N) is 2. The van der Waals surface area contributed by atoms with E-state index in [1.165, 1.54) is 0 Å². The minimum atomic E-state index is -0.891. The van der Waals surface area contributed by atoms with Gasteiger partial charge < -0.3 is 29.6 Å². The van der Waals surface area contributed by atoms with E-state index in [4.69, 9.17) is 13.9 Å². The van der Waals surface area contributed by atoms with E-state index in [1.54, 1.807) is 6.26 Å². The first-order valence-electron chi connectivity index (χ1n) is 10.2. The lowest BCUT2D eigenvalue weighted by atomic mass is 10.1. The van der Waals surface area contributed by atoms with Gasteiger partial charge in [0.05, 0.1) is 31.6 Å². The van der Waals surface area contributed by atoms with E-state index in [1.807, 2.05) is 26.0 Å². The number of aliphatic imine (C=N–C) groups is 1. The van der Waals surface area contributed by atoms with Gasteiger partial charge in [0.25, 0.3) is 0 Å². The molecular weight excluding hydrogens is 360 g/mol. The van der Waals surface area contributed by atoms with Crippen LogP contribution in [0.4, 0.5) is 0 Å². The molecular formula is C20H36N4O4. The lowest BCUT2D eigenvalue weighted by molar-refractivity contribution is -0.0180. The second kappa shape index (κ2) is 12.8. The van der Waals surface area contributed by atoms with Gasteiger partial charge in [-0.25, -0.2) is 0 Å². The number of β-amino-alcohol motifs (C(OH)–C–C–N with tert-alkyl or cyclic N) is 1. The van der Waals surface area contributed by atoms with E-state index >= 15 is 0 Å². The van der Waals surface area contributed by atoms with Crippen LogP contribution in [-0.2, 0) is 15.9 Å². The molecule has 0 bridgehead atoms. The second-order valence-electron chi connectivity index (χ2n) is 7.28. The molecule has 0 amide bonds. The topological polar surface area (TPSA) is 91.5 Å². The predicted molar refractivity (Wildman–Crippen MR) is 110 cm³/mol. The molecule has 0 saturated carbocycles. The van der Waals surface area contributed by atoms with Crippen LogP contribution in [0.5, 0.6) is 0 Å². The maximum absolute atomic E-state index is 10.8. The Morgan fingerprint density at radius 1 is 1.32 bits per heavy atom. The molecule has 1 aliphatic heterocycles. The maximum Gasteiger partial charge on any atom is 0.191 e. The number of morpholine rings is 1. The number of guanidine groups is 1. The molecule has 0 aliphatic carbocycles. The number of furan rings is 1. The van der Waals surface area contributed by atoms with Gasteiger partial charge in [-0.2, -0.15) is 0 Å². The van der Waals surface area contributed by atoms with Gasteiger partial charge in [-0.1, -0.05) is 0 Å². The fourth-order valence-corrected chi connectivity index (χ4v) is 3.00. The minimum Gasteiger partial charge on any atom is -0.469 e. The van der Waals surface area contributed by atoms with E-state index in [9.17, 15) is 5.11 Å². The number of rotatable bonds is 12. The van der Waals surface area contributed by atoms with Crippen LogP contribution in [0, 0.1) is 0 Å². The lowest BCUT2D eigenvalue weighted by Gasteiger charge is -2.33. The van der Waals surface area contributed by atoms with Crippen LogP contribution < -0.4 is 10.6 Å². The molecule has 3 N–H and O–H groups in total. The highest BCUT2D eigenvalue weighted by molar-refractivity contribution is 5.79. The van der Waals surface area contributed by atoms with Gasteiger partial charge in [0, 0.05) is 52.4 Å². The predicted octanol–water partition coefficient (Wildman–Crippen LogP) is 0.867. The zero-order valence-electron chi connectivity index (χ0n) is 17.3. The summed E-state index contributed by atoms with van der Waals surface area (Å²) in [7, 11) is 0. The fourth-order valence-electron chi connectivity index (χ4n) is 3.00. The molecule has 0 radical (unpaired) electrons. The highest BCUT2D eigenvalue weighted by Gasteiger charge is 2.25. The van der Waals surface area contributed by atoms with Crippen LogP contribution >= 0.6 is 0 Å². The van der Waals surface area contributed by atoms with Crippen molar-refractivity contribution in [3.8, 4) is 0 Å². The van der Waals surface area contributed by atoms with E-state index in [-0.39, 0.29) is 0 Å². The summed E-state index contributed by atoms with van der Waals surface area (Å²) < 4.78 is 16.1. The third-order valence-corrected chi connectivity index (χ3v) is 4.45. The fraction of sp³-hybridized carbons (Fsp3) is 0.750. The normalized spacial score (nSPS) is 18.0. The number of hydrogen-bond acceptors (Lipinski definition) is 6. The standard InChI is InChI=1S/C20H36N4O4/c1-3-26-12-5-8-21-19(22-9-7-18-6-4-13-28-18)23-16-20(2,25)17-24-10-14-27-15-11-24/h4,6,13,25H,3,5,7-12,14-17H2,1-2H3,(H2,21,22,23). The molecule has 2 rings (SSSR count). The van der Waals surface area contributed by atoms with Crippen molar-refractivity contribution < 1.29 is 19.0 Å². The van der Waals surface area contributed by atoms with Crippen LogP contribution in [0.3, 0.4) is 0 Å². The quantitative estimate of drug-likeness (QED) is 0.274. The molecule has 1 aromatic heterocycles. The van der Waals surface area contributed by atoms with E-state index in [2.05, 4.69) is 20.5 Å². The summed E-state index contributed by atoms with van der Waals surface area (Å²) in [5, 5.41) is 17.4. The van der Waals surface area contributed by atoms with Crippen molar-refractivity contribution in [3.63, 3.8) is 0 Å². The zero-order valence-corrected chi connectivity index (χ0v) is 17.3. The largest absolute Gasteiger partial charge is 0.469 e. The molecule has 8 heteroatoms. The smallest absolute Gasteiger partial charge is 0.191 e. The Bertz CT molecular complexity index is 542. The Kier molecular flexibility index (Phi) is 10.3. The zero-order chi connectivity index (χ0) is 20.1. The number of ether oxygens (including phenoxy) is 2. The molecule has 8 nitrogen and oxygen atoms in total. The van der Waals surface area contributed by atoms with Gasteiger partial charge in [0.1, 0.15) is 5.76 Å². The first-order valence-corrected chi connectivity index (χ1v) is 10.2. The third-order valence-electron chi connectivity index (χ3n) is 4.45. The molecule has 1 unspecified atom stereocenters. The lowest BCUT2D eigenvalue weighted by Crippen LogP contribution is -2.48. The van der Waals surface area contributed by atoms with Crippen LogP contribution in [0.15, 0.2) is 27.8 Å². The second-order valence-corrected chi connectivity index (χ2v) is 7.28. The van der Waals surface area contributed by atoms with Crippen molar-refractivity contribution >= 4 is 5.96 Å². The third kappa shape index (κ3) is 9.54. The molecule has 2 heterocycles. The summed E-state index contributed by atoms with van der Waals surface area (Å²) >= 11 is 0. The maximum atomic E-state index is 10.8. The van der Waals surface area contributed by atoms with Crippen molar-refractivity contribution in [2.45, 2.75) is 32.3 Å². The molecule has 160 valence electrons. The van der Waals surface area contributed by atoms with E-state index in [0.29, 0.717) is 25.6 Å². The summed E-state index contributed by atoms with van der Waals surface area (Å²) in [6, 6.07) is 3.85. The van der Waals surface area contributed by atoms with Crippen molar-refractivity contribution in [1.82, 2.24) is 15.5 Å². The Balaban J connectivity index is 1.81. The first-order chi connectivity index (χ1) is 13.6. The molecule has 1 saturated heterocycles. The summed E-state index contributed by atoms with van der Waals surface area (Å²) in [6.45, 7) is 10.8. The van der Waals surface area contributed by atoms with Crippen LogP contribution in [0.1, 0.15) is 26.0 Å². The first kappa shape index (κ1) is 22.7. The Labute approximate surface area is 168 Å². The van der Waals surface area contributed by atoms with Gasteiger partial charge in [-0.3, -0.25) is 9.89 Å². The summed E-state index contributed by atoms with van der Waals surface area (Å²) in [5.74, 6) is 1.63. The summed E-state index contributed by atoms with van der Waals surface area (Å²) in [4.78, 5) is 6.83. The molecule has 1 fully saturated rings. The van der Waals surface area contributed by atoms with Gasteiger partial charge in [0.15, 0.2) is 5.96 Å². The van der Waals surface area contributed by atoms with E-state index < -0.39 is 5.60 Å². The molecule has 1 aromatic rings. The molecule has 1 atom stereocenters. The van der Waals surface area contributed by atoms with Crippen LogP contribution in [-0.4, -0.2) is 87.3 Å². The van der Waals surface area contributed by atoms with E-state index in [0.717, 1.165) is 64.7 Å². The highest BCUT2D eigenvalue weighted by atomic mass is 16.5. The average Bonchev–Trinajstić information content (AvgIpc) is 3.19. The van der Waals surface area contributed by atoms with Crippen molar-refractivity contribution in [1.29, 1.82) is 0 Å². The van der Waals surface area contributed by atoms with Gasteiger partial charge in [-0.05, 0) is 32.4 Å². The van der Waals surface area contributed by atoms with Crippen molar-refractivity contribution in [2.75, 3.05) is 65.7 Å². The van der Waals surface area contributed by atoms with Crippen molar-refractivity contribution in [3.05, 3.63) is 24.2 Å². The Morgan fingerprint density at radius 3 is 2.82 bits per heavy atom. The minimum absolute atomic E-state index is 0.325.